The maximum Gasteiger partial charge on any atom is 0.0619 e. The second-order valence-electron chi connectivity index (χ2n) is 16.5. The van der Waals surface area contributed by atoms with Gasteiger partial charge < -0.3 is 4.57 Å². The number of para-hydroxylation sites is 2. The van der Waals surface area contributed by atoms with Crippen molar-refractivity contribution in [1.29, 1.82) is 0 Å². The van der Waals surface area contributed by atoms with Crippen LogP contribution in [0.25, 0.3) is 104 Å². The summed E-state index contributed by atoms with van der Waals surface area (Å²) < 4.78 is 2.48. The molecule has 0 radical (unpaired) electrons. The lowest BCUT2D eigenvalue weighted by Gasteiger charge is -2.22. The molecule has 0 saturated carbocycles. The van der Waals surface area contributed by atoms with Crippen LogP contribution in [0.2, 0.25) is 0 Å². The molecule has 1 aliphatic rings. The van der Waals surface area contributed by atoms with Crippen LogP contribution in [0.1, 0.15) is 25.0 Å². The maximum atomic E-state index is 2.48. The third-order valence-corrected chi connectivity index (χ3v) is 13.0. The van der Waals surface area contributed by atoms with Gasteiger partial charge in [-0.3, -0.25) is 0 Å². The van der Waals surface area contributed by atoms with Crippen molar-refractivity contribution in [2.75, 3.05) is 0 Å². The molecular weight excluding hydrogens is 699 g/mol. The van der Waals surface area contributed by atoms with Crippen LogP contribution in [0, 0.1) is 0 Å². The molecule has 0 amide bonds. The summed E-state index contributed by atoms with van der Waals surface area (Å²) in [5.74, 6) is 0. The molecule has 1 nitrogen and oxygen atoms in total. The molecule has 0 spiro atoms. The molecule has 0 unspecified atom stereocenters. The normalized spacial score (nSPS) is 13.1. The van der Waals surface area contributed by atoms with E-state index in [0.717, 1.165) is 5.69 Å². The summed E-state index contributed by atoms with van der Waals surface area (Å²) in [5.41, 5.74) is 16.3. The smallest absolute Gasteiger partial charge is 0.0619 e. The number of hydrogen-bond donors (Lipinski definition) is 0. The van der Waals surface area contributed by atoms with Crippen LogP contribution in [0.5, 0.6) is 0 Å². The number of hydrogen-bond acceptors (Lipinski definition) is 0. The van der Waals surface area contributed by atoms with Crippen molar-refractivity contribution in [3.63, 3.8) is 0 Å². The lowest BCUT2D eigenvalue weighted by atomic mass is 9.81. The predicted molar refractivity (Wildman–Crippen MR) is 247 cm³/mol. The fourth-order valence-electron chi connectivity index (χ4n) is 10.2. The Bertz CT molecular complexity index is 3450. The van der Waals surface area contributed by atoms with Gasteiger partial charge in [0.1, 0.15) is 0 Å². The van der Waals surface area contributed by atoms with Crippen molar-refractivity contribution < 1.29 is 0 Å². The monoisotopic (exact) mass is 737 g/mol. The number of nitrogens with zero attached hydrogens (tertiary/aromatic N) is 1. The largest absolute Gasteiger partial charge is 0.309 e. The molecule has 1 heteroatoms. The highest BCUT2D eigenvalue weighted by atomic mass is 15.0. The van der Waals surface area contributed by atoms with Gasteiger partial charge in [0.15, 0.2) is 0 Å². The number of rotatable bonds is 4. The fraction of sp³-hybridized carbons (Fsp3) is 0.0526. The van der Waals surface area contributed by atoms with Crippen LogP contribution < -0.4 is 0 Å². The molecule has 10 aromatic carbocycles. The van der Waals surface area contributed by atoms with Crippen LogP contribution in [-0.4, -0.2) is 4.57 Å². The Morgan fingerprint density at radius 2 is 0.828 bits per heavy atom. The Labute approximate surface area is 338 Å². The molecule has 1 heterocycles. The molecule has 0 aliphatic heterocycles. The zero-order valence-electron chi connectivity index (χ0n) is 32.5. The van der Waals surface area contributed by atoms with Crippen molar-refractivity contribution in [2.45, 2.75) is 19.3 Å². The number of aromatic nitrogens is 1. The van der Waals surface area contributed by atoms with Crippen molar-refractivity contribution in [1.82, 2.24) is 4.57 Å². The van der Waals surface area contributed by atoms with Crippen molar-refractivity contribution in [2.24, 2.45) is 0 Å². The van der Waals surface area contributed by atoms with Crippen molar-refractivity contribution >= 4 is 54.1 Å². The lowest BCUT2D eigenvalue weighted by molar-refractivity contribution is 0.660. The molecule has 0 fully saturated rings. The van der Waals surface area contributed by atoms with E-state index < -0.39 is 0 Å². The Kier molecular flexibility index (Phi) is 7.04. The van der Waals surface area contributed by atoms with Gasteiger partial charge in [0, 0.05) is 27.4 Å². The average Bonchev–Trinajstić information content (AvgIpc) is 3.75. The minimum absolute atomic E-state index is 0.0460. The van der Waals surface area contributed by atoms with Gasteiger partial charge in [-0.25, -0.2) is 0 Å². The summed E-state index contributed by atoms with van der Waals surface area (Å²) in [5, 5.41) is 10.3. The van der Waals surface area contributed by atoms with E-state index in [1.54, 1.807) is 0 Å². The molecule has 0 atom stereocenters. The quantitative estimate of drug-likeness (QED) is 0.159. The first-order valence-electron chi connectivity index (χ1n) is 20.3. The van der Waals surface area contributed by atoms with E-state index in [1.165, 1.54) is 110 Å². The Hall–Kier alpha value is -7.22. The van der Waals surface area contributed by atoms with Gasteiger partial charge in [-0.05, 0) is 119 Å². The van der Waals surface area contributed by atoms with E-state index in [4.69, 9.17) is 0 Å². The molecule has 11 aromatic rings. The maximum absolute atomic E-state index is 2.48. The zero-order chi connectivity index (χ0) is 38.5. The standard InChI is InChI=1S/C57H39N/c1-57(2)53-26-9-7-22-48(53)49-31-29-39(35-54(49)57)36-14-11-16-40(32-36)42-24-13-25-51-50-23-8-10-27-55(50)58(56(42)51)41-17-12-15-37(33-41)38-28-30-47-45-20-4-3-18-43(45)44-19-5-6-21-46(44)52(47)34-38/h3-35H,1-2H3. The molecule has 272 valence electrons. The first-order chi connectivity index (χ1) is 28.5. The van der Waals surface area contributed by atoms with E-state index >= 15 is 0 Å². The highest BCUT2D eigenvalue weighted by Gasteiger charge is 2.35. The topological polar surface area (TPSA) is 4.93 Å². The zero-order valence-corrected chi connectivity index (χ0v) is 32.5. The number of fused-ring (bicyclic) bond motifs is 12. The molecule has 12 rings (SSSR count). The summed E-state index contributed by atoms with van der Waals surface area (Å²) in [7, 11) is 0. The minimum Gasteiger partial charge on any atom is -0.309 e. The lowest BCUT2D eigenvalue weighted by Crippen LogP contribution is -2.14. The number of benzene rings is 10. The second-order valence-corrected chi connectivity index (χ2v) is 16.5. The molecule has 0 bridgehead atoms. The van der Waals surface area contributed by atoms with Gasteiger partial charge >= 0.3 is 0 Å². The highest BCUT2D eigenvalue weighted by molar-refractivity contribution is 6.25. The molecule has 0 saturated heterocycles. The summed E-state index contributed by atoms with van der Waals surface area (Å²) in [4.78, 5) is 0. The highest BCUT2D eigenvalue weighted by Crippen LogP contribution is 2.50. The van der Waals surface area contributed by atoms with E-state index in [2.05, 4.69) is 219 Å². The first kappa shape index (κ1) is 33.0. The molecular formula is C57H39N. The van der Waals surface area contributed by atoms with E-state index in [9.17, 15) is 0 Å². The van der Waals surface area contributed by atoms with E-state index in [-0.39, 0.29) is 5.41 Å². The predicted octanol–water partition coefficient (Wildman–Crippen LogP) is 15.6. The van der Waals surface area contributed by atoms with Crippen molar-refractivity contribution in [3.05, 3.63) is 211 Å². The third-order valence-electron chi connectivity index (χ3n) is 13.0. The summed E-state index contributed by atoms with van der Waals surface area (Å²) >= 11 is 0. The summed E-state index contributed by atoms with van der Waals surface area (Å²) in [6, 6.07) is 74.4. The second kappa shape index (κ2) is 12.4. The Morgan fingerprint density at radius 1 is 0.310 bits per heavy atom. The molecule has 58 heavy (non-hydrogen) atoms. The van der Waals surface area contributed by atoms with Gasteiger partial charge in [-0.15, -0.1) is 0 Å². The summed E-state index contributed by atoms with van der Waals surface area (Å²) in [6.45, 7) is 4.71. The fourth-order valence-corrected chi connectivity index (χ4v) is 10.2. The van der Waals surface area contributed by atoms with Crippen LogP contribution in [0.4, 0.5) is 0 Å². The van der Waals surface area contributed by atoms with Crippen LogP contribution in [-0.2, 0) is 5.41 Å². The summed E-state index contributed by atoms with van der Waals surface area (Å²) in [6.07, 6.45) is 0. The Morgan fingerprint density at radius 3 is 1.62 bits per heavy atom. The van der Waals surface area contributed by atoms with Gasteiger partial charge in [-0.2, -0.15) is 0 Å². The molecule has 0 N–H and O–H groups in total. The first-order valence-corrected chi connectivity index (χ1v) is 20.3. The van der Waals surface area contributed by atoms with Crippen LogP contribution >= 0.6 is 0 Å². The molecule has 1 aliphatic carbocycles. The van der Waals surface area contributed by atoms with Gasteiger partial charge in [0.2, 0.25) is 0 Å². The average molecular weight is 738 g/mol. The van der Waals surface area contributed by atoms with Crippen LogP contribution in [0.3, 0.4) is 0 Å². The third kappa shape index (κ3) is 4.77. The van der Waals surface area contributed by atoms with Crippen molar-refractivity contribution in [3.8, 4) is 50.2 Å². The van der Waals surface area contributed by atoms with Gasteiger partial charge in [0.05, 0.1) is 11.0 Å². The van der Waals surface area contributed by atoms with Crippen LogP contribution in [0.15, 0.2) is 200 Å². The van der Waals surface area contributed by atoms with E-state index in [0.29, 0.717) is 0 Å². The minimum atomic E-state index is -0.0460. The molecule has 1 aromatic heterocycles. The van der Waals surface area contributed by atoms with Gasteiger partial charge in [0.25, 0.3) is 0 Å². The SMILES string of the molecule is CC1(C)c2ccccc2-c2ccc(-c3cccc(-c4cccc5c6ccccc6n(-c6cccc(-c7ccc8c9ccccc9c9ccccc9c8c7)c6)c45)c3)cc21. The Balaban J connectivity index is 1.02. The van der Waals surface area contributed by atoms with E-state index in [1.807, 2.05) is 0 Å². The van der Waals surface area contributed by atoms with Gasteiger partial charge in [-0.1, -0.05) is 178 Å².